The summed E-state index contributed by atoms with van der Waals surface area (Å²) >= 11 is 0. The number of nitrogens with two attached hydrogens (primary N) is 1. The van der Waals surface area contributed by atoms with E-state index in [0.29, 0.717) is 18.2 Å². The number of hydrogen-bond donors (Lipinski definition) is 1. The third kappa shape index (κ3) is 3.45. The molecule has 0 spiro atoms. The third-order valence-corrected chi connectivity index (χ3v) is 3.21. The van der Waals surface area contributed by atoms with Crippen molar-refractivity contribution in [2.75, 3.05) is 6.61 Å². The van der Waals surface area contributed by atoms with Gasteiger partial charge in [0.25, 0.3) is 0 Å². The minimum atomic E-state index is -0.196. The van der Waals surface area contributed by atoms with Crippen LogP contribution in [0.2, 0.25) is 0 Å². The molecule has 0 aliphatic rings. The summed E-state index contributed by atoms with van der Waals surface area (Å²) in [5.74, 6) is 0.450. The van der Waals surface area contributed by atoms with E-state index in [-0.39, 0.29) is 6.04 Å². The lowest BCUT2D eigenvalue weighted by Crippen LogP contribution is -2.19. The molecule has 3 aromatic rings. The molecule has 1 unspecified atom stereocenters. The molecule has 0 saturated carbocycles. The van der Waals surface area contributed by atoms with Crippen LogP contribution in [0.1, 0.15) is 11.6 Å². The van der Waals surface area contributed by atoms with E-state index in [4.69, 9.17) is 10.5 Å². The molecule has 2 aromatic heterocycles. The molecule has 1 atom stereocenters. The van der Waals surface area contributed by atoms with Gasteiger partial charge in [0.15, 0.2) is 0 Å². The highest BCUT2D eigenvalue weighted by Gasteiger charge is 2.07. The fourth-order valence-electron chi connectivity index (χ4n) is 2.02. The van der Waals surface area contributed by atoms with Gasteiger partial charge in [0.2, 0.25) is 5.88 Å². The van der Waals surface area contributed by atoms with Crippen molar-refractivity contribution in [1.29, 1.82) is 0 Å². The zero-order valence-electron chi connectivity index (χ0n) is 12.0. The Kier molecular flexibility index (Phi) is 4.36. The Morgan fingerprint density at radius 3 is 2.36 bits per heavy atom. The first-order chi connectivity index (χ1) is 10.8. The summed E-state index contributed by atoms with van der Waals surface area (Å²) in [6.45, 7) is 0.349. The lowest BCUT2D eigenvalue weighted by molar-refractivity contribution is 0.277. The first kappa shape index (κ1) is 14.2. The van der Waals surface area contributed by atoms with Crippen molar-refractivity contribution < 1.29 is 4.74 Å². The zero-order chi connectivity index (χ0) is 15.2. The quantitative estimate of drug-likeness (QED) is 0.782. The number of ether oxygens (including phenoxy) is 1. The molecule has 0 bridgehead atoms. The van der Waals surface area contributed by atoms with E-state index in [9.17, 15) is 0 Å². The number of aromatic nitrogens is 3. The summed E-state index contributed by atoms with van der Waals surface area (Å²) in [6.07, 6.45) is 1.72. The second kappa shape index (κ2) is 6.78. The molecule has 0 aliphatic heterocycles. The summed E-state index contributed by atoms with van der Waals surface area (Å²) in [6, 6.07) is 18.9. The predicted octanol–water partition coefficient (Wildman–Crippen LogP) is 2.62. The van der Waals surface area contributed by atoms with Gasteiger partial charge in [0, 0.05) is 12.3 Å². The molecule has 0 aliphatic carbocycles. The number of nitrogens with zero attached hydrogens (tertiary/aromatic N) is 3. The van der Waals surface area contributed by atoms with Gasteiger partial charge in [-0.3, -0.25) is 4.98 Å². The highest BCUT2D eigenvalue weighted by molar-refractivity contribution is 5.52. The van der Waals surface area contributed by atoms with Crippen molar-refractivity contribution in [1.82, 2.24) is 15.2 Å². The van der Waals surface area contributed by atoms with E-state index < -0.39 is 0 Å². The Balaban J connectivity index is 1.62. The molecule has 0 radical (unpaired) electrons. The summed E-state index contributed by atoms with van der Waals surface area (Å²) in [4.78, 5) is 4.23. The lowest BCUT2D eigenvalue weighted by atomic mass is 10.1. The van der Waals surface area contributed by atoms with Gasteiger partial charge in [-0.15, -0.1) is 10.2 Å². The normalized spacial score (nSPS) is 11.9. The van der Waals surface area contributed by atoms with E-state index in [1.54, 1.807) is 12.3 Å². The van der Waals surface area contributed by atoms with Crippen molar-refractivity contribution >= 4 is 0 Å². The number of hydrogen-bond acceptors (Lipinski definition) is 5. The Morgan fingerprint density at radius 2 is 1.68 bits per heavy atom. The molecule has 5 heteroatoms. The molecular formula is C17H16N4O. The maximum absolute atomic E-state index is 6.08. The third-order valence-electron chi connectivity index (χ3n) is 3.21. The Hall–Kier alpha value is -2.79. The number of pyridine rings is 1. The van der Waals surface area contributed by atoms with E-state index in [1.165, 1.54) is 0 Å². The van der Waals surface area contributed by atoms with E-state index in [0.717, 1.165) is 11.3 Å². The molecule has 3 rings (SSSR count). The highest BCUT2D eigenvalue weighted by Crippen LogP contribution is 2.16. The van der Waals surface area contributed by atoms with Crippen LogP contribution >= 0.6 is 0 Å². The van der Waals surface area contributed by atoms with Gasteiger partial charge in [0.1, 0.15) is 12.3 Å². The standard InChI is InChI=1S/C17H16N4O/c18-14(13-6-2-1-3-7-13)12-22-17-10-9-16(20-21-17)15-8-4-5-11-19-15/h1-11,14H,12,18H2. The lowest BCUT2D eigenvalue weighted by Gasteiger charge is -2.12. The van der Waals surface area contributed by atoms with Crippen LogP contribution < -0.4 is 10.5 Å². The van der Waals surface area contributed by atoms with E-state index in [2.05, 4.69) is 15.2 Å². The zero-order valence-corrected chi connectivity index (χ0v) is 12.0. The summed E-state index contributed by atoms with van der Waals surface area (Å²) in [7, 11) is 0. The van der Waals surface area contributed by atoms with Crippen LogP contribution in [0.15, 0.2) is 66.9 Å². The molecule has 2 N–H and O–H groups in total. The fraction of sp³-hybridized carbons (Fsp3) is 0.118. The molecule has 0 amide bonds. The first-order valence-electron chi connectivity index (χ1n) is 7.01. The molecule has 5 nitrogen and oxygen atoms in total. The maximum atomic E-state index is 6.08. The SMILES string of the molecule is NC(COc1ccc(-c2ccccn2)nn1)c1ccccc1. The first-order valence-corrected chi connectivity index (χ1v) is 7.01. The number of benzene rings is 1. The van der Waals surface area contributed by atoms with Crippen molar-refractivity contribution in [2.45, 2.75) is 6.04 Å². The second-order valence-electron chi connectivity index (χ2n) is 4.80. The summed E-state index contributed by atoms with van der Waals surface area (Å²) in [5, 5.41) is 8.17. The van der Waals surface area contributed by atoms with Crippen LogP contribution in [-0.4, -0.2) is 21.8 Å². The highest BCUT2D eigenvalue weighted by atomic mass is 16.5. The van der Waals surface area contributed by atoms with Gasteiger partial charge in [-0.05, 0) is 23.8 Å². The molecule has 0 fully saturated rings. The topological polar surface area (TPSA) is 73.9 Å². The molecule has 22 heavy (non-hydrogen) atoms. The largest absolute Gasteiger partial charge is 0.475 e. The van der Waals surface area contributed by atoms with Crippen LogP contribution in [0.5, 0.6) is 5.88 Å². The maximum Gasteiger partial charge on any atom is 0.233 e. The van der Waals surface area contributed by atoms with Crippen molar-refractivity contribution in [3.63, 3.8) is 0 Å². The van der Waals surface area contributed by atoms with Gasteiger partial charge in [-0.1, -0.05) is 36.4 Å². The Morgan fingerprint density at radius 1 is 0.864 bits per heavy atom. The van der Waals surface area contributed by atoms with Crippen LogP contribution in [0.4, 0.5) is 0 Å². The Labute approximate surface area is 128 Å². The minimum absolute atomic E-state index is 0.196. The second-order valence-corrected chi connectivity index (χ2v) is 4.80. The number of rotatable bonds is 5. The van der Waals surface area contributed by atoms with Crippen molar-refractivity contribution in [3.8, 4) is 17.3 Å². The Bertz CT molecular complexity index is 702. The summed E-state index contributed by atoms with van der Waals surface area (Å²) in [5.41, 5.74) is 8.60. The molecular weight excluding hydrogens is 276 g/mol. The smallest absolute Gasteiger partial charge is 0.233 e. The van der Waals surface area contributed by atoms with Crippen LogP contribution in [-0.2, 0) is 0 Å². The molecule has 2 heterocycles. The molecule has 0 saturated heterocycles. The molecule has 1 aromatic carbocycles. The van der Waals surface area contributed by atoms with Gasteiger partial charge >= 0.3 is 0 Å². The summed E-state index contributed by atoms with van der Waals surface area (Å²) < 4.78 is 5.59. The van der Waals surface area contributed by atoms with Crippen LogP contribution in [0, 0.1) is 0 Å². The van der Waals surface area contributed by atoms with Crippen LogP contribution in [0.25, 0.3) is 11.4 Å². The van der Waals surface area contributed by atoms with Gasteiger partial charge in [-0.25, -0.2) is 0 Å². The van der Waals surface area contributed by atoms with Crippen molar-refractivity contribution in [2.24, 2.45) is 5.73 Å². The van der Waals surface area contributed by atoms with Gasteiger partial charge < -0.3 is 10.5 Å². The monoisotopic (exact) mass is 292 g/mol. The fourth-order valence-corrected chi connectivity index (χ4v) is 2.02. The van der Waals surface area contributed by atoms with E-state index >= 15 is 0 Å². The average Bonchev–Trinajstić information content (AvgIpc) is 2.61. The van der Waals surface area contributed by atoms with Gasteiger partial charge in [-0.2, -0.15) is 0 Å². The minimum Gasteiger partial charge on any atom is -0.475 e. The van der Waals surface area contributed by atoms with Crippen molar-refractivity contribution in [3.05, 3.63) is 72.4 Å². The van der Waals surface area contributed by atoms with Gasteiger partial charge in [0.05, 0.1) is 11.7 Å². The van der Waals surface area contributed by atoms with E-state index in [1.807, 2.05) is 54.6 Å². The van der Waals surface area contributed by atoms with Crippen LogP contribution in [0.3, 0.4) is 0 Å². The predicted molar refractivity (Wildman–Crippen MR) is 84.1 cm³/mol. The average molecular weight is 292 g/mol. The molecule has 110 valence electrons.